The smallest absolute Gasteiger partial charge is 0.255 e. The number of likely N-dealkylation sites (N-methyl/N-ethyl adjacent to an activating group) is 1. The van der Waals surface area contributed by atoms with Crippen molar-refractivity contribution in [3.05, 3.63) is 57.3 Å². The predicted octanol–water partition coefficient (Wildman–Crippen LogP) is 4.21. The number of halogens is 1. The molecular weight excluding hydrogens is 366 g/mol. The number of pyridine rings is 1. The van der Waals surface area contributed by atoms with E-state index in [-0.39, 0.29) is 5.91 Å². The van der Waals surface area contributed by atoms with E-state index in [0.717, 1.165) is 35.4 Å². The number of carbonyl (C=O) groups is 1. The third-order valence-corrected chi connectivity index (χ3v) is 5.06. The summed E-state index contributed by atoms with van der Waals surface area (Å²) in [4.78, 5) is 19.3. The zero-order valence-corrected chi connectivity index (χ0v) is 15.9. The molecule has 1 amide bonds. The lowest BCUT2D eigenvalue weighted by Crippen LogP contribution is -2.27. The molecule has 2 heterocycles. The summed E-state index contributed by atoms with van der Waals surface area (Å²) in [5, 5.41) is 2.96. The molecule has 24 heavy (non-hydrogen) atoms. The molecule has 0 fully saturated rings. The standard InChI is InChI=1S/C19H22BrN3O/c1-12(2)16-5-4-13(9-17(16)20)19(24)22-15-8-14-11-23(3)7-6-18(14)21-10-15/h4-5,8-10,12H,6-7,11H2,1-3H3,(H,22,24). The number of benzene rings is 1. The molecule has 0 spiro atoms. The third kappa shape index (κ3) is 3.68. The Balaban J connectivity index is 1.78. The van der Waals surface area contributed by atoms with Gasteiger partial charge in [0, 0.05) is 35.2 Å². The first kappa shape index (κ1) is 17.1. The fourth-order valence-electron chi connectivity index (χ4n) is 2.98. The van der Waals surface area contributed by atoms with E-state index in [1.54, 1.807) is 6.20 Å². The van der Waals surface area contributed by atoms with E-state index in [1.807, 2.05) is 24.3 Å². The molecular formula is C19H22BrN3O. The lowest BCUT2D eigenvalue weighted by atomic mass is 10.0. The molecule has 4 nitrogen and oxygen atoms in total. The number of rotatable bonds is 3. The van der Waals surface area contributed by atoms with Gasteiger partial charge in [-0.25, -0.2) is 0 Å². The lowest BCUT2D eigenvalue weighted by molar-refractivity contribution is 0.102. The highest BCUT2D eigenvalue weighted by Gasteiger charge is 2.16. The van der Waals surface area contributed by atoms with Gasteiger partial charge in [0.1, 0.15) is 0 Å². The number of carbonyl (C=O) groups excluding carboxylic acids is 1. The number of hydrogen-bond donors (Lipinski definition) is 1. The summed E-state index contributed by atoms with van der Waals surface area (Å²) in [6.07, 6.45) is 2.71. The number of nitrogens with one attached hydrogen (secondary N) is 1. The van der Waals surface area contributed by atoms with Crippen LogP contribution in [0.15, 0.2) is 34.9 Å². The van der Waals surface area contributed by atoms with Crippen LogP contribution in [0.1, 0.15) is 46.9 Å². The maximum atomic E-state index is 12.5. The first-order chi connectivity index (χ1) is 11.4. The van der Waals surface area contributed by atoms with Crippen LogP contribution in [-0.2, 0) is 13.0 Å². The van der Waals surface area contributed by atoms with Crippen molar-refractivity contribution in [3.8, 4) is 0 Å². The molecule has 1 aliphatic heterocycles. The van der Waals surface area contributed by atoms with Gasteiger partial charge in [0.05, 0.1) is 11.9 Å². The van der Waals surface area contributed by atoms with Gasteiger partial charge in [-0.2, -0.15) is 0 Å². The van der Waals surface area contributed by atoms with Gasteiger partial charge in [-0.15, -0.1) is 0 Å². The van der Waals surface area contributed by atoms with Crippen molar-refractivity contribution in [1.82, 2.24) is 9.88 Å². The molecule has 2 aromatic rings. The molecule has 126 valence electrons. The lowest BCUT2D eigenvalue weighted by Gasteiger charge is -2.24. The van der Waals surface area contributed by atoms with Gasteiger partial charge in [-0.05, 0) is 42.3 Å². The number of amides is 1. The van der Waals surface area contributed by atoms with Crippen molar-refractivity contribution in [2.75, 3.05) is 18.9 Å². The van der Waals surface area contributed by atoms with E-state index in [0.29, 0.717) is 11.5 Å². The fourth-order valence-corrected chi connectivity index (χ4v) is 3.81. The van der Waals surface area contributed by atoms with E-state index in [1.165, 1.54) is 11.1 Å². The minimum Gasteiger partial charge on any atom is -0.321 e. The van der Waals surface area contributed by atoms with Crippen LogP contribution in [0.3, 0.4) is 0 Å². The van der Waals surface area contributed by atoms with Gasteiger partial charge in [0.25, 0.3) is 5.91 Å². The monoisotopic (exact) mass is 387 g/mol. The Kier molecular flexibility index (Phi) is 5.01. The van der Waals surface area contributed by atoms with Gasteiger partial charge < -0.3 is 10.2 Å². The Labute approximate surface area is 151 Å². The second-order valence-corrected chi connectivity index (χ2v) is 7.52. The zero-order valence-electron chi connectivity index (χ0n) is 14.3. The summed E-state index contributed by atoms with van der Waals surface area (Å²) >= 11 is 3.56. The highest BCUT2D eigenvalue weighted by atomic mass is 79.9. The van der Waals surface area contributed by atoms with Gasteiger partial charge in [0.2, 0.25) is 0 Å². The van der Waals surface area contributed by atoms with Crippen LogP contribution in [0.5, 0.6) is 0 Å². The maximum Gasteiger partial charge on any atom is 0.255 e. The first-order valence-corrected chi connectivity index (χ1v) is 9.00. The molecule has 0 aliphatic carbocycles. The zero-order chi connectivity index (χ0) is 17.3. The molecule has 1 N–H and O–H groups in total. The van der Waals surface area contributed by atoms with E-state index in [2.05, 4.69) is 52.0 Å². The van der Waals surface area contributed by atoms with Crippen LogP contribution in [0.4, 0.5) is 5.69 Å². The molecule has 1 aromatic carbocycles. The third-order valence-electron chi connectivity index (χ3n) is 4.37. The largest absolute Gasteiger partial charge is 0.321 e. The summed E-state index contributed by atoms with van der Waals surface area (Å²) in [7, 11) is 2.10. The first-order valence-electron chi connectivity index (χ1n) is 8.21. The van der Waals surface area contributed by atoms with Crippen LogP contribution in [0, 0.1) is 0 Å². The van der Waals surface area contributed by atoms with Crippen molar-refractivity contribution < 1.29 is 4.79 Å². The minimum absolute atomic E-state index is 0.114. The summed E-state index contributed by atoms with van der Waals surface area (Å²) in [6, 6.07) is 7.79. The highest BCUT2D eigenvalue weighted by molar-refractivity contribution is 9.10. The molecule has 1 aliphatic rings. The SMILES string of the molecule is CC(C)c1ccc(C(=O)Nc2cnc3c(c2)CN(C)CC3)cc1Br. The van der Waals surface area contributed by atoms with Crippen LogP contribution in [-0.4, -0.2) is 29.4 Å². The average Bonchev–Trinajstić information content (AvgIpc) is 2.54. The molecule has 1 aromatic heterocycles. The molecule has 0 saturated carbocycles. The number of aromatic nitrogens is 1. The van der Waals surface area contributed by atoms with Gasteiger partial charge >= 0.3 is 0 Å². The fraction of sp³-hybridized carbons (Fsp3) is 0.368. The van der Waals surface area contributed by atoms with Crippen molar-refractivity contribution in [1.29, 1.82) is 0 Å². The van der Waals surface area contributed by atoms with Crippen LogP contribution < -0.4 is 5.32 Å². The number of anilines is 1. The molecule has 0 saturated heterocycles. The van der Waals surface area contributed by atoms with Crippen LogP contribution >= 0.6 is 15.9 Å². The maximum absolute atomic E-state index is 12.5. The Morgan fingerprint density at radius 3 is 2.83 bits per heavy atom. The Bertz CT molecular complexity index is 773. The van der Waals surface area contributed by atoms with Crippen molar-refractivity contribution in [2.24, 2.45) is 0 Å². The molecule has 5 heteroatoms. The van der Waals surface area contributed by atoms with Gasteiger partial charge in [0.15, 0.2) is 0 Å². The number of nitrogens with zero attached hydrogens (tertiary/aromatic N) is 2. The van der Waals surface area contributed by atoms with Crippen LogP contribution in [0.2, 0.25) is 0 Å². The highest BCUT2D eigenvalue weighted by Crippen LogP contribution is 2.26. The van der Waals surface area contributed by atoms with Gasteiger partial charge in [-0.1, -0.05) is 35.8 Å². The number of fused-ring (bicyclic) bond motifs is 1. The van der Waals surface area contributed by atoms with E-state index >= 15 is 0 Å². The van der Waals surface area contributed by atoms with E-state index in [4.69, 9.17) is 0 Å². The Morgan fingerprint density at radius 2 is 2.12 bits per heavy atom. The molecule has 3 rings (SSSR count). The normalized spacial score (nSPS) is 14.5. The molecule has 0 radical (unpaired) electrons. The van der Waals surface area contributed by atoms with Crippen molar-refractivity contribution in [3.63, 3.8) is 0 Å². The minimum atomic E-state index is -0.114. The summed E-state index contributed by atoms with van der Waals surface area (Å²) < 4.78 is 0.968. The van der Waals surface area contributed by atoms with E-state index < -0.39 is 0 Å². The summed E-state index contributed by atoms with van der Waals surface area (Å²) in [5.41, 5.74) is 4.91. The van der Waals surface area contributed by atoms with Crippen molar-refractivity contribution in [2.45, 2.75) is 32.7 Å². The van der Waals surface area contributed by atoms with Crippen LogP contribution in [0.25, 0.3) is 0 Å². The molecule has 0 bridgehead atoms. The quantitative estimate of drug-likeness (QED) is 0.857. The Morgan fingerprint density at radius 1 is 1.33 bits per heavy atom. The Hall–Kier alpha value is -1.72. The predicted molar refractivity (Wildman–Crippen MR) is 100 cm³/mol. The van der Waals surface area contributed by atoms with Crippen molar-refractivity contribution >= 4 is 27.5 Å². The topological polar surface area (TPSA) is 45.2 Å². The summed E-state index contributed by atoms with van der Waals surface area (Å²) in [6.45, 7) is 6.17. The molecule has 0 unspecified atom stereocenters. The second kappa shape index (κ2) is 7.03. The summed E-state index contributed by atoms with van der Waals surface area (Å²) in [5.74, 6) is 0.301. The van der Waals surface area contributed by atoms with Gasteiger partial charge in [-0.3, -0.25) is 9.78 Å². The average molecular weight is 388 g/mol. The molecule has 0 atom stereocenters. The van der Waals surface area contributed by atoms with E-state index in [9.17, 15) is 4.79 Å². The number of hydrogen-bond acceptors (Lipinski definition) is 3. The second-order valence-electron chi connectivity index (χ2n) is 6.66.